The Morgan fingerprint density at radius 1 is 1.04 bits per heavy atom. The molecule has 2 N–H and O–H groups in total. The number of carbonyl (C=O) groups is 1. The van der Waals surface area contributed by atoms with E-state index in [1.165, 1.54) is 0 Å². The van der Waals surface area contributed by atoms with E-state index in [1.807, 2.05) is 57.2 Å². The number of amides is 1. The van der Waals surface area contributed by atoms with Crippen molar-refractivity contribution in [2.45, 2.75) is 45.4 Å². The molecule has 0 atom stereocenters. The molecule has 26 heavy (non-hydrogen) atoms. The van der Waals surface area contributed by atoms with Gasteiger partial charge in [0.2, 0.25) is 15.9 Å². The maximum atomic E-state index is 12.6. The molecule has 0 bridgehead atoms. The Labute approximate surface area is 155 Å². The molecule has 0 aromatic heterocycles. The Hall–Kier alpha value is -2.18. The first kappa shape index (κ1) is 20.1. The highest BCUT2D eigenvalue weighted by Gasteiger charge is 2.21. The van der Waals surface area contributed by atoms with Gasteiger partial charge >= 0.3 is 0 Å². The maximum absolute atomic E-state index is 12.6. The van der Waals surface area contributed by atoms with Crippen LogP contribution in [-0.2, 0) is 14.8 Å². The first-order valence-corrected chi connectivity index (χ1v) is 10.1. The van der Waals surface area contributed by atoms with Gasteiger partial charge in [0.1, 0.15) is 0 Å². The Kier molecular flexibility index (Phi) is 6.21. The number of hydrogen-bond donors (Lipinski definition) is 2. The van der Waals surface area contributed by atoms with E-state index in [1.54, 1.807) is 13.8 Å². The monoisotopic (exact) mass is 374 g/mol. The van der Waals surface area contributed by atoms with Gasteiger partial charge in [-0.25, -0.2) is 13.1 Å². The van der Waals surface area contributed by atoms with E-state index >= 15 is 0 Å². The minimum absolute atomic E-state index is 0.235. The van der Waals surface area contributed by atoms with Crippen molar-refractivity contribution >= 4 is 21.6 Å². The van der Waals surface area contributed by atoms with Gasteiger partial charge in [0, 0.05) is 5.69 Å². The van der Waals surface area contributed by atoms with E-state index < -0.39 is 15.9 Å². The van der Waals surface area contributed by atoms with Crippen molar-refractivity contribution in [2.75, 3.05) is 11.9 Å². The minimum Gasteiger partial charge on any atom is -0.325 e. The largest absolute Gasteiger partial charge is 0.325 e. The summed E-state index contributed by atoms with van der Waals surface area (Å²) < 4.78 is 27.7. The number of aryl methyl sites for hydroxylation is 3. The number of anilines is 1. The summed E-state index contributed by atoms with van der Waals surface area (Å²) in [5.74, 6) is -0.148. The number of hydrogen-bond acceptors (Lipinski definition) is 3. The molecule has 0 aliphatic heterocycles. The Morgan fingerprint density at radius 3 is 2.19 bits per heavy atom. The summed E-state index contributed by atoms with van der Waals surface area (Å²) >= 11 is 0. The second-order valence-corrected chi connectivity index (χ2v) is 8.55. The number of carbonyl (C=O) groups excluding carboxylic acids is 1. The summed E-state index contributed by atoms with van der Waals surface area (Å²) in [6.07, 6.45) is 0. The van der Waals surface area contributed by atoms with E-state index in [9.17, 15) is 13.2 Å². The molecule has 5 nitrogen and oxygen atoms in total. The topological polar surface area (TPSA) is 75.3 Å². The van der Waals surface area contributed by atoms with Crippen molar-refractivity contribution in [3.63, 3.8) is 0 Å². The fraction of sp³-hybridized carbons (Fsp3) is 0.350. The van der Waals surface area contributed by atoms with Gasteiger partial charge in [-0.05, 0) is 49.4 Å². The van der Waals surface area contributed by atoms with Crippen LogP contribution >= 0.6 is 0 Å². The van der Waals surface area contributed by atoms with Gasteiger partial charge in [0.05, 0.1) is 11.4 Å². The maximum Gasteiger partial charge on any atom is 0.241 e. The second-order valence-electron chi connectivity index (χ2n) is 6.84. The highest BCUT2D eigenvalue weighted by molar-refractivity contribution is 7.89. The first-order chi connectivity index (χ1) is 12.1. The molecule has 2 aromatic rings. The number of para-hydroxylation sites is 1. The highest BCUT2D eigenvalue weighted by Crippen LogP contribution is 2.24. The van der Waals surface area contributed by atoms with E-state index in [2.05, 4.69) is 10.0 Å². The lowest BCUT2D eigenvalue weighted by Gasteiger charge is -2.15. The molecule has 0 unspecified atom stereocenters. The summed E-state index contributed by atoms with van der Waals surface area (Å²) in [7, 11) is -3.76. The third kappa shape index (κ3) is 4.71. The van der Waals surface area contributed by atoms with Crippen LogP contribution in [0.5, 0.6) is 0 Å². The van der Waals surface area contributed by atoms with Crippen molar-refractivity contribution in [1.29, 1.82) is 0 Å². The Balaban J connectivity index is 2.12. The molecule has 0 saturated carbocycles. The van der Waals surface area contributed by atoms with Crippen LogP contribution in [0.2, 0.25) is 0 Å². The molecule has 0 aliphatic rings. The summed E-state index contributed by atoms with van der Waals surface area (Å²) in [5.41, 5.74) is 4.05. The average Bonchev–Trinajstić information content (AvgIpc) is 2.52. The van der Waals surface area contributed by atoms with Crippen LogP contribution in [0, 0.1) is 20.8 Å². The fourth-order valence-corrected chi connectivity index (χ4v) is 4.56. The van der Waals surface area contributed by atoms with Crippen molar-refractivity contribution in [1.82, 2.24) is 4.72 Å². The zero-order chi connectivity index (χ0) is 19.5. The summed E-state index contributed by atoms with van der Waals surface area (Å²) in [4.78, 5) is 12.5. The Bertz CT molecular complexity index is 895. The highest BCUT2D eigenvalue weighted by atomic mass is 32.2. The number of sulfonamides is 1. The molecular formula is C20H26N2O3S. The molecule has 6 heteroatoms. The SMILES string of the molecule is Cc1cc(C)c(S(=O)(=O)NCC(=O)Nc2ccccc2C(C)C)c(C)c1. The second kappa shape index (κ2) is 8.01. The van der Waals surface area contributed by atoms with Crippen LogP contribution in [0.15, 0.2) is 41.3 Å². The minimum atomic E-state index is -3.76. The van der Waals surface area contributed by atoms with Crippen molar-refractivity contribution < 1.29 is 13.2 Å². The van der Waals surface area contributed by atoms with Crippen LogP contribution in [-0.4, -0.2) is 20.9 Å². The zero-order valence-corrected chi connectivity index (χ0v) is 16.7. The quantitative estimate of drug-likeness (QED) is 0.810. The van der Waals surface area contributed by atoms with Crippen molar-refractivity contribution in [3.05, 3.63) is 58.7 Å². The predicted molar refractivity (Wildman–Crippen MR) is 105 cm³/mol. The standard InChI is InChI=1S/C20H26N2O3S/c1-13(2)17-8-6-7-9-18(17)22-19(23)12-21-26(24,25)20-15(4)10-14(3)11-16(20)5/h6-11,13,21H,12H2,1-5H3,(H,22,23). The van der Waals surface area contributed by atoms with Crippen LogP contribution in [0.4, 0.5) is 5.69 Å². The molecule has 140 valence electrons. The van der Waals surface area contributed by atoms with Crippen molar-refractivity contribution in [2.24, 2.45) is 0 Å². The van der Waals surface area contributed by atoms with Gasteiger partial charge in [0.25, 0.3) is 0 Å². The van der Waals surface area contributed by atoms with E-state index in [0.29, 0.717) is 16.8 Å². The molecule has 0 spiro atoms. The van der Waals surface area contributed by atoms with Crippen molar-refractivity contribution in [3.8, 4) is 0 Å². The lowest BCUT2D eigenvalue weighted by atomic mass is 10.0. The molecule has 0 heterocycles. The predicted octanol–water partition coefficient (Wildman–Crippen LogP) is 3.65. The summed E-state index contributed by atoms with van der Waals surface area (Å²) in [5, 5.41) is 2.79. The van der Waals surface area contributed by atoms with Crippen LogP contribution in [0.3, 0.4) is 0 Å². The zero-order valence-electron chi connectivity index (χ0n) is 15.9. The molecular weight excluding hydrogens is 348 g/mol. The molecule has 2 aromatic carbocycles. The van der Waals surface area contributed by atoms with Gasteiger partial charge < -0.3 is 5.32 Å². The smallest absolute Gasteiger partial charge is 0.241 e. The van der Waals surface area contributed by atoms with E-state index in [-0.39, 0.29) is 17.4 Å². The number of benzene rings is 2. The third-order valence-electron chi connectivity index (χ3n) is 4.15. The first-order valence-electron chi connectivity index (χ1n) is 8.58. The van der Waals surface area contributed by atoms with Gasteiger partial charge in [-0.15, -0.1) is 0 Å². The third-order valence-corrected chi connectivity index (χ3v) is 5.86. The van der Waals surface area contributed by atoms with Crippen LogP contribution in [0.25, 0.3) is 0 Å². The fourth-order valence-electron chi connectivity index (χ4n) is 3.13. The van der Waals surface area contributed by atoms with E-state index in [0.717, 1.165) is 11.1 Å². The molecule has 2 rings (SSSR count). The van der Waals surface area contributed by atoms with Gasteiger partial charge in [-0.1, -0.05) is 49.7 Å². The summed E-state index contributed by atoms with van der Waals surface area (Å²) in [6, 6.07) is 11.2. The number of nitrogens with one attached hydrogen (secondary N) is 2. The molecule has 0 saturated heterocycles. The number of rotatable bonds is 6. The van der Waals surface area contributed by atoms with Gasteiger partial charge in [-0.3, -0.25) is 4.79 Å². The molecule has 0 fully saturated rings. The van der Waals surface area contributed by atoms with Gasteiger partial charge in [0.15, 0.2) is 0 Å². The van der Waals surface area contributed by atoms with Crippen LogP contribution < -0.4 is 10.0 Å². The Morgan fingerprint density at radius 2 is 1.62 bits per heavy atom. The van der Waals surface area contributed by atoms with E-state index in [4.69, 9.17) is 0 Å². The molecule has 1 amide bonds. The molecule has 0 aliphatic carbocycles. The normalized spacial score (nSPS) is 11.6. The van der Waals surface area contributed by atoms with Crippen LogP contribution in [0.1, 0.15) is 42.0 Å². The van der Waals surface area contributed by atoms with Gasteiger partial charge in [-0.2, -0.15) is 0 Å². The lowest BCUT2D eigenvalue weighted by molar-refractivity contribution is -0.115. The lowest BCUT2D eigenvalue weighted by Crippen LogP contribution is -2.33. The summed E-state index contributed by atoms with van der Waals surface area (Å²) in [6.45, 7) is 9.19. The molecule has 0 radical (unpaired) electrons. The average molecular weight is 375 g/mol.